The molecule has 0 aromatic carbocycles. The molecule has 0 aliphatic carbocycles. The molecule has 6 atom stereocenters. The van der Waals surface area contributed by atoms with Crippen LogP contribution in [0.2, 0.25) is 0 Å². The number of ether oxygens (including phenoxy) is 4. The van der Waals surface area contributed by atoms with Gasteiger partial charge in [0.05, 0.1) is 6.61 Å². The minimum absolute atomic E-state index is 0. The van der Waals surface area contributed by atoms with Gasteiger partial charge in [0.2, 0.25) is 0 Å². The largest absolute Gasteiger partial charge is 0.462 e. The van der Waals surface area contributed by atoms with E-state index in [4.69, 9.17) is 18.9 Å². The molecule has 0 amide bonds. The van der Waals surface area contributed by atoms with Crippen LogP contribution in [-0.4, -0.2) is 126 Å². The number of hydrogen-bond donors (Lipinski definition) is 4. The van der Waals surface area contributed by atoms with Gasteiger partial charge in [-0.05, 0) is 12.8 Å². The van der Waals surface area contributed by atoms with E-state index in [1.165, 1.54) is 141 Å². The fourth-order valence-electron chi connectivity index (χ4n) is 7.50. The average Bonchev–Trinajstić information content (AvgIpc) is 3.18. The van der Waals surface area contributed by atoms with Crippen molar-refractivity contribution >= 4 is 51.6 Å². The first-order valence-corrected chi connectivity index (χ1v) is 25.2. The van der Waals surface area contributed by atoms with Crippen molar-refractivity contribution in [3.05, 3.63) is 0 Å². The molecule has 4 N–H and O–H groups in total. The molecule has 59 heavy (non-hydrogen) atoms. The van der Waals surface area contributed by atoms with Crippen LogP contribution in [0.15, 0.2) is 0 Å². The maximum atomic E-state index is 12.8. The van der Waals surface area contributed by atoms with Gasteiger partial charge >= 0.3 is 11.9 Å². The van der Waals surface area contributed by atoms with Crippen molar-refractivity contribution in [2.45, 2.75) is 256 Å². The summed E-state index contributed by atoms with van der Waals surface area (Å²) in [5.41, 5.74) is 0. The van der Waals surface area contributed by atoms with Crippen molar-refractivity contribution in [2.24, 2.45) is 0 Å². The molecule has 1 fully saturated rings. The van der Waals surface area contributed by atoms with Gasteiger partial charge in [0.15, 0.2) is 12.4 Å². The Morgan fingerprint density at radius 3 is 1.25 bits per heavy atom. The molecule has 345 valence electrons. The van der Waals surface area contributed by atoms with E-state index < -0.39 is 71.2 Å². The molecular formula is C45H86NaO12S. The third kappa shape index (κ3) is 33.8. The van der Waals surface area contributed by atoms with Gasteiger partial charge in [-0.1, -0.05) is 194 Å². The predicted octanol–water partition coefficient (Wildman–Crippen LogP) is 9.30. The summed E-state index contributed by atoms with van der Waals surface area (Å²) in [6, 6.07) is 0. The maximum Gasteiger partial charge on any atom is 0.306 e. The van der Waals surface area contributed by atoms with Crippen LogP contribution >= 0.6 is 0 Å². The van der Waals surface area contributed by atoms with Gasteiger partial charge in [0, 0.05) is 42.4 Å². The van der Waals surface area contributed by atoms with Gasteiger partial charge in [0.25, 0.3) is 10.1 Å². The molecule has 0 aromatic heterocycles. The van der Waals surface area contributed by atoms with E-state index in [9.17, 15) is 37.9 Å². The topological polar surface area (TPSA) is 186 Å². The monoisotopic (exact) mass is 874 g/mol. The third-order valence-electron chi connectivity index (χ3n) is 11.2. The smallest absolute Gasteiger partial charge is 0.306 e. The minimum atomic E-state index is -4.60. The van der Waals surface area contributed by atoms with Crippen LogP contribution in [0.5, 0.6) is 0 Å². The van der Waals surface area contributed by atoms with E-state index in [1.807, 2.05) is 0 Å². The van der Waals surface area contributed by atoms with Crippen LogP contribution in [0.4, 0.5) is 0 Å². The fraction of sp³-hybridized carbons (Fsp3) is 0.956. The van der Waals surface area contributed by atoms with Crippen LogP contribution in [0.25, 0.3) is 0 Å². The number of aliphatic hydroxyl groups excluding tert-OH is 3. The van der Waals surface area contributed by atoms with Gasteiger partial charge in [-0.3, -0.25) is 14.1 Å². The molecular weight excluding hydrogens is 788 g/mol. The second-order valence-corrected chi connectivity index (χ2v) is 18.3. The molecule has 1 aliphatic rings. The van der Waals surface area contributed by atoms with E-state index in [-0.39, 0.29) is 49.0 Å². The van der Waals surface area contributed by atoms with Crippen molar-refractivity contribution in [2.75, 3.05) is 19.0 Å². The Kier molecular flexibility index (Phi) is 39.0. The van der Waals surface area contributed by atoms with E-state index in [2.05, 4.69) is 13.8 Å². The van der Waals surface area contributed by atoms with Gasteiger partial charge in [-0.15, -0.1) is 0 Å². The summed E-state index contributed by atoms with van der Waals surface area (Å²) in [6.07, 6.45) is 27.1. The normalized spacial score (nSPS) is 19.9. The van der Waals surface area contributed by atoms with E-state index in [0.717, 1.165) is 38.5 Å². The number of rotatable bonds is 40. The number of esters is 2. The molecule has 1 rings (SSSR count). The van der Waals surface area contributed by atoms with Crippen molar-refractivity contribution in [3.63, 3.8) is 0 Å². The number of carbonyl (C=O) groups is 2. The zero-order valence-corrected chi connectivity index (χ0v) is 40.5. The molecule has 0 saturated carbocycles. The second kappa shape index (κ2) is 39.3. The average molecular weight is 874 g/mol. The number of hydrogen-bond acceptors (Lipinski definition) is 11. The molecule has 1 heterocycles. The van der Waals surface area contributed by atoms with E-state index in [0.29, 0.717) is 12.8 Å². The minimum Gasteiger partial charge on any atom is -0.462 e. The zero-order valence-electron chi connectivity index (χ0n) is 37.7. The van der Waals surface area contributed by atoms with Gasteiger partial charge in [-0.25, -0.2) is 0 Å². The summed E-state index contributed by atoms with van der Waals surface area (Å²) >= 11 is 0. The standard InChI is InChI=1S/C45H86O12S.Na/c1-3-5-7-9-11-13-15-17-19-21-23-25-27-29-31-33-40(46)54-35-38(36-55-45-44(50)43(49)42(48)39(57-45)37-58(51,52)53)56-41(47)34-32-30-28-26-24-22-20-18-16-14-12-10-8-6-4-2;/h38-39,42-45,48-50H,3-37H2,1-2H3,(H,51,52,53);/t38?,39-,42-,43+,44-,45+;/m1./s1. The molecule has 1 radical (unpaired) electrons. The number of carbonyl (C=O) groups excluding carboxylic acids is 2. The Balaban J connectivity index is 0.0000336. The molecule has 0 spiro atoms. The van der Waals surface area contributed by atoms with Crippen molar-refractivity contribution in [1.82, 2.24) is 0 Å². The third-order valence-corrected chi connectivity index (χ3v) is 11.9. The Morgan fingerprint density at radius 2 is 0.881 bits per heavy atom. The zero-order chi connectivity index (χ0) is 42.7. The van der Waals surface area contributed by atoms with Gasteiger partial charge in [0.1, 0.15) is 36.8 Å². The summed E-state index contributed by atoms with van der Waals surface area (Å²) in [4.78, 5) is 25.4. The summed E-state index contributed by atoms with van der Waals surface area (Å²) in [5, 5.41) is 30.9. The molecule has 12 nitrogen and oxygen atoms in total. The van der Waals surface area contributed by atoms with Crippen LogP contribution in [0.3, 0.4) is 0 Å². The van der Waals surface area contributed by atoms with Crippen molar-refractivity contribution in [1.29, 1.82) is 0 Å². The number of aliphatic hydroxyl groups is 3. The molecule has 1 aliphatic heterocycles. The summed E-state index contributed by atoms with van der Waals surface area (Å²) in [5.74, 6) is -1.96. The molecule has 1 saturated heterocycles. The van der Waals surface area contributed by atoms with Crippen LogP contribution in [0, 0.1) is 0 Å². The Labute approximate surface area is 381 Å². The molecule has 1 unspecified atom stereocenters. The van der Waals surface area contributed by atoms with Gasteiger partial charge in [-0.2, -0.15) is 8.42 Å². The summed E-state index contributed by atoms with van der Waals surface area (Å²) in [7, 11) is -4.60. The van der Waals surface area contributed by atoms with Crippen LogP contribution in [0.1, 0.15) is 219 Å². The Bertz CT molecular complexity index is 1100. The number of unbranched alkanes of at least 4 members (excludes halogenated alkanes) is 28. The SMILES string of the molecule is CCCCCCCCCCCCCCCCCC(=O)OCC(CO[C@H]1O[C@H](CS(=O)(=O)O)[C@@H](O)[C@H](O)[C@H]1O)OC(=O)CCCCCCCCCCCCCCCCC.[Na]. The summed E-state index contributed by atoms with van der Waals surface area (Å²) < 4.78 is 54.1. The predicted molar refractivity (Wildman–Crippen MR) is 235 cm³/mol. The first-order chi connectivity index (χ1) is 28.0. The first-order valence-electron chi connectivity index (χ1n) is 23.6. The molecule has 0 aromatic rings. The van der Waals surface area contributed by atoms with Crippen molar-refractivity contribution in [3.8, 4) is 0 Å². The van der Waals surface area contributed by atoms with E-state index in [1.54, 1.807) is 0 Å². The fourth-order valence-corrected chi connectivity index (χ4v) is 8.19. The van der Waals surface area contributed by atoms with Crippen molar-refractivity contribution < 1.29 is 56.8 Å². The van der Waals surface area contributed by atoms with Crippen LogP contribution < -0.4 is 0 Å². The van der Waals surface area contributed by atoms with Gasteiger partial charge < -0.3 is 34.3 Å². The van der Waals surface area contributed by atoms with Crippen LogP contribution in [-0.2, 0) is 38.7 Å². The Morgan fingerprint density at radius 1 is 0.525 bits per heavy atom. The first kappa shape index (κ1) is 58.6. The second-order valence-electron chi connectivity index (χ2n) is 16.8. The molecule has 0 bridgehead atoms. The Hall–Kier alpha value is -0.350. The molecule has 14 heteroatoms. The quantitative estimate of drug-likeness (QED) is 0.0198. The van der Waals surface area contributed by atoms with E-state index >= 15 is 0 Å². The summed E-state index contributed by atoms with van der Waals surface area (Å²) in [6.45, 7) is 3.79. The maximum absolute atomic E-state index is 12.8.